The molecule has 4 bridgehead atoms. The van der Waals surface area contributed by atoms with Gasteiger partial charge in [-0.2, -0.15) is 5.26 Å². The SMILES string of the molecule is Cc1nc(-c2ccc(C(C)(C)C)cc2)nc(C)c1C(=O)N[C@@H](CCN)C(=O)N(C)[C@@H]1C(=O)N[C@@H](C)C(=O)N[C@H](C(=O)NCC#N)Cc2cc(OCCN)cc(c2)-c2cc1ccc2OCCN. The van der Waals surface area contributed by atoms with Crippen LogP contribution in [-0.2, 0) is 31.0 Å². The maximum Gasteiger partial charge on any atom is 0.255 e. The Morgan fingerprint density at radius 1 is 0.894 bits per heavy atom. The van der Waals surface area contributed by atoms with Crippen LogP contribution in [0.2, 0.25) is 0 Å². The number of hydrogen-bond donors (Lipinski definition) is 7. The van der Waals surface area contributed by atoms with E-state index in [0.717, 1.165) is 11.1 Å². The molecule has 5 amide bonds. The Morgan fingerprint density at radius 2 is 1.56 bits per heavy atom. The second-order valence-corrected chi connectivity index (χ2v) is 17.1. The van der Waals surface area contributed by atoms with Crippen molar-refractivity contribution in [3.05, 3.63) is 94.3 Å². The molecule has 2 heterocycles. The molecular weight excluding hydrogens is 843 g/mol. The van der Waals surface area contributed by atoms with E-state index in [-0.39, 0.29) is 63.2 Å². The lowest BCUT2D eigenvalue weighted by Crippen LogP contribution is -2.56. The fraction of sp³-hybridized carbons (Fsp3) is 0.417. The minimum atomic E-state index is -1.39. The van der Waals surface area contributed by atoms with Crippen molar-refractivity contribution in [1.82, 2.24) is 36.1 Å². The molecule has 5 rings (SSSR count). The van der Waals surface area contributed by atoms with Crippen molar-refractivity contribution in [2.24, 2.45) is 17.2 Å². The zero-order chi connectivity index (χ0) is 48.3. The van der Waals surface area contributed by atoms with Crippen molar-refractivity contribution in [2.45, 2.75) is 84.0 Å². The highest BCUT2D eigenvalue weighted by Gasteiger charge is 2.36. The van der Waals surface area contributed by atoms with Gasteiger partial charge in [0.2, 0.25) is 23.6 Å². The molecule has 1 aliphatic heterocycles. The first-order chi connectivity index (χ1) is 31.4. The van der Waals surface area contributed by atoms with Gasteiger partial charge in [0.05, 0.1) is 23.0 Å². The van der Waals surface area contributed by atoms with Gasteiger partial charge >= 0.3 is 0 Å². The first-order valence-corrected chi connectivity index (χ1v) is 21.8. The quantitative estimate of drug-likeness (QED) is 0.0845. The number of nitrogens with one attached hydrogen (secondary N) is 4. The van der Waals surface area contributed by atoms with E-state index in [2.05, 4.69) is 52.0 Å². The van der Waals surface area contributed by atoms with Gasteiger partial charge in [-0.1, -0.05) is 57.2 Å². The molecule has 10 N–H and O–H groups in total. The molecule has 0 saturated heterocycles. The number of carbonyl (C=O) groups is 5. The summed E-state index contributed by atoms with van der Waals surface area (Å²) in [6, 6.07) is 15.0. The molecule has 18 heteroatoms. The molecule has 66 heavy (non-hydrogen) atoms. The molecule has 18 nitrogen and oxygen atoms in total. The Bertz CT molecular complexity index is 2440. The number of benzene rings is 3. The van der Waals surface area contributed by atoms with Crippen molar-refractivity contribution in [3.8, 4) is 40.1 Å². The molecule has 1 aliphatic rings. The van der Waals surface area contributed by atoms with E-state index in [0.29, 0.717) is 51.0 Å². The third kappa shape index (κ3) is 12.2. The summed E-state index contributed by atoms with van der Waals surface area (Å²) in [5.74, 6) is -2.11. The molecule has 0 aliphatic carbocycles. The van der Waals surface area contributed by atoms with Crippen molar-refractivity contribution in [3.63, 3.8) is 0 Å². The van der Waals surface area contributed by atoms with Gasteiger partial charge in [-0.25, -0.2) is 9.97 Å². The van der Waals surface area contributed by atoms with Crippen LogP contribution in [0.5, 0.6) is 11.5 Å². The summed E-state index contributed by atoms with van der Waals surface area (Å²) in [7, 11) is 1.42. The number of likely N-dealkylation sites (N-methyl/N-ethyl adjacent to an activating group) is 1. The van der Waals surface area contributed by atoms with Gasteiger partial charge < -0.3 is 52.8 Å². The van der Waals surface area contributed by atoms with E-state index in [4.69, 9.17) is 26.7 Å². The highest BCUT2D eigenvalue weighted by Crippen LogP contribution is 2.37. The molecule has 0 spiro atoms. The molecule has 0 radical (unpaired) electrons. The van der Waals surface area contributed by atoms with E-state index >= 15 is 0 Å². The van der Waals surface area contributed by atoms with Crippen LogP contribution in [0.4, 0.5) is 0 Å². The average molecular weight is 904 g/mol. The molecule has 0 unspecified atom stereocenters. The highest BCUT2D eigenvalue weighted by atomic mass is 16.5. The molecule has 0 fully saturated rings. The van der Waals surface area contributed by atoms with Crippen LogP contribution in [0.25, 0.3) is 22.5 Å². The van der Waals surface area contributed by atoms with Gasteiger partial charge in [0, 0.05) is 37.7 Å². The number of nitriles is 1. The standard InChI is InChI=1S/C48H61N11O7/c1-27-40(28(2)55-42(54-27)31-8-11-34(12-9-31)48(4,5)6)45(62)57-37(14-15-49)47(64)59(7)41-32-10-13-39(66-21-18-52)36(26-32)33-22-30(23-35(25-33)65-20-17-51)24-38(44(61)53-19-16-50)58-43(60)29(3)56-46(41)63/h8-13,22-23,25-26,29,37-38,41H,14-15,17-21,24,49,51-52H2,1-7H3,(H,53,61)(H,56,63)(H,57,62)(H,58,60)/t29-,37-,38-,41-/m0/s1. The second-order valence-electron chi connectivity index (χ2n) is 17.1. The first kappa shape index (κ1) is 50.1. The van der Waals surface area contributed by atoms with Gasteiger partial charge in [-0.05, 0) is 85.7 Å². The summed E-state index contributed by atoms with van der Waals surface area (Å²) in [6.45, 7) is 11.6. The topological polar surface area (TPSA) is 283 Å². The van der Waals surface area contributed by atoms with Gasteiger partial charge in [-0.15, -0.1) is 0 Å². The number of hydrogen-bond acceptors (Lipinski definition) is 13. The summed E-state index contributed by atoms with van der Waals surface area (Å²) in [4.78, 5) is 81.0. The fourth-order valence-electron chi connectivity index (χ4n) is 7.65. The van der Waals surface area contributed by atoms with Crippen molar-refractivity contribution < 1.29 is 33.4 Å². The van der Waals surface area contributed by atoms with Crippen molar-refractivity contribution >= 4 is 29.5 Å². The maximum absolute atomic E-state index is 14.7. The summed E-state index contributed by atoms with van der Waals surface area (Å²) < 4.78 is 12.1. The lowest BCUT2D eigenvalue weighted by Gasteiger charge is -2.32. The van der Waals surface area contributed by atoms with Gasteiger partial charge in [0.1, 0.15) is 55.4 Å². The maximum atomic E-state index is 14.7. The Labute approximate surface area is 385 Å². The number of aromatic nitrogens is 2. The second kappa shape index (κ2) is 22.3. The number of ether oxygens (including phenoxy) is 2. The average Bonchev–Trinajstić information content (AvgIpc) is 3.28. The Balaban J connectivity index is 1.56. The zero-order valence-corrected chi connectivity index (χ0v) is 38.6. The number of fused-ring (bicyclic) bond motifs is 5. The van der Waals surface area contributed by atoms with Gasteiger partial charge in [0.15, 0.2) is 5.82 Å². The largest absolute Gasteiger partial charge is 0.492 e. The van der Waals surface area contributed by atoms with Crippen LogP contribution in [-0.4, -0.2) is 109 Å². The van der Waals surface area contributed by atoms with Crippen LogP contribution < -0.4 is 47.9 Å². The van der Waals surface area contributed by atoms with Gasteiger partial charge in [0.25, 0.3) is 5.91 Å². The monoisotopic (exact) mass is 903 g/mol. The number of nitrogens with two attached hydrogens (primary N) is 3. The zero-order valence-electron chi connectivity index (χ0n) is 38.6. The number of nitrogens with zero attached hydrogens (tertiary/aromatic N) is 4. The summed E-state index contributed by atoms with van der Waals surface area (Å²) >= 11 is 0. The number of carbonyl (C=O) groups excluding carboxylic acids is 5. The fourth-order valence-corrected chi connectivity index (χ4v) is 7.65. The third-order valence-electron chi connectivity index (χ3n) is 11.1. The Hall–Kier alpha value is -6.94. The Morgan fingerprint density at radius 3 is 2.18 bits per heavy atom. The lowest BCUT2D eigenvalue weighted by atomic mass is 9.86. The van der Waals surface area contributed by atoms with Crippen LogP contribution in [0.1, 0.15) is 78.6 Å². The van der Waals surface area contributed by atoms with Crippen LogP contribution in [0, 0.1) is 25.2 Å². The molecule has 4 aromatic rings. The predicted octanol–water partition coefficient (Wildman–Crippen LogP) is 2.23. The lowest BCUT2D eigenvalue weighted by molar-refractivity contribution is -0.141. The van der Waals surface area contributed by atoms with Crippen molar-refractivity contribution in [2.75, 3.05) is 46.4 Å². The van der Waals surface area contributed by atoms with E-state index in [1.807, 2.05) is 30.3 Å². The number of amides is 5. The van der Waals surface area contributed by atoms with E-state index in [1.54, 1.807) is 50.2 Å². The summed E-state index contributed by atoms with van der Waals surface area (Å²) in [6.07, 6.45) is -0.0198. The Kier molecular flexibility index (Phi) is 16.9. The van der Waals surface area contributed by atoms with E-state index in [1.165, 1.54) is 18.9 Å². The summed E-state index contributed by atoms with van der Waals surface area (Å²) in [5.41, 5.74) is 22.5. The van der Waals surface area contributed by atoms with Crippen LogP contribution in [0.15, 0.2) is 60.7 Å². The molecule has 4 atom stereocenters. The van der Waals surface area contributed by atoms with Crippen LogP contribution >= 0.6 is 0 Å². The molecule has 0 saturated carbocycles. The molecular formula is C48H61N11O7. The van der Waals surface area contributed by atoms with Crippen molar-refractivity contribution in [1.29, 1.82) is 5.26 Å². The first-order valence-electron chi connectivity index (χ1n) is 21.8. The van der Waals surface area contributed by atoms with E-state index < -0.39 is 53.7 Å². The number of aryl methyl sites for hydroxylation is 2. The minimum absolute atomic E-state index is 0.00188. The molecule has 1 aromatic heterocycles. The van der Waals surface area contributed by atoms with Gasteiger partial charge in [-0.3, -0.25) is 24.0 Å². The highest BCUT2D eigenvalue weighted by molar-refractivity contribution is 6.00. The number of rotatable bonds is 15. The van der Waals surface area contributed by atoms with E-state index in [9.17, 15) is 29.2 Å². The minimum Gasteiger partial charge on any atom is -0.492 e. The third-order valence-corrected chi connectivity index (χ3v) is 11.1. The summed E-state index contributed by atoms with van der Waals surface area (Å²) in [5, 5.41) is 19.9. The normalized spacial score (nSPS) is 16.7. The molecule has 350 valence electrons. The predicted molar refractivity (Wildman–Crippen MR) is 249 cm³/mol. The van der Waals surface area contributed by atoms with Crippen LogP contribution in [0.3, 0.4) is 0 Å². The smallest absolute Gasteiger partial charge is 0.255 e. The molecule has 3 aromatic carbocycles.